The number of aromatic nitrogens is 1. The van der Waals surface area contributed by atoms with Crippen LogP contribution in [0.15, 0.2) is 12.3 Å². The lowest BCUT2D eigenvalue weighted by molar-refractivity contribution is 0.208. The molecule has 1 aliphatic rings. The lowest BCUT2D eigenvalue weighted by Crippen LogP contribution is -2.09. The van der Waals surface area contributed by atoms with Gasteiger partial charge in [-0.3, -0.25) is 0 Å². The van der Waals surface area contributed by atoms with Crippen LogP contribution in [0.4, 0.5) is 0 Å². The van der Waals surface area contributed by atoms with Gasteiger partial charge in [0.25, 0.3) is 5.88 Å². The molecule has 1 aromatic rings. The van der Waals surface area contributed by atoms with Crippen molar-refractivity contribution in [2.24, 2.45) is 0 Å². The highest BCUT2D eigenvalue weighted by Gasteiger charge is 2.25. The molecule has 0 unspecified atom stereocenters. The summed E-state index contributed by atoms with van der Waals surface area (Å²) in [5, 5.41) is 0. The molecule has 0 bridgehead atoms. The van der Waals surface area contributed by atoms with Gasteiger partial charge in [-0.05, 0) is 49.3 Å². The monoisotopic (exact) mass is 319 g/mol. The normalized spacial score (nSPS) is 15.5. The first-order valence-corrected chi connectivity index (χ1v) is 6.22. The molecule has 1 heterocycles. The van der Waals surface area contributed by atoms with E-state index in [1.54, 1.807) is 6.20 Å². The molecule has 4 heteroatoms. The summed E-state index contributed by atoms with van der Waals surface area (Å²) in [7, 11) is 0. The highest BCUT2D eigenvalue weighted by atomic mass is 127. The smallest absolute Gasteiger partial charge is 0.257 e. The number of hydrogen-bond acceptors (Lipinski definition) is 3. The van der Waals surface area contributed by atoms with Gasteiger partial charge in [0.2, 0.25) is 0 Å². The third kappa shape index (κ3) is 3.22. The summed E-state index contributed by atoms with van der Waals surface area (Å²) in [6, 6.07) is 1.98. The van der Waals surface area contributed by atoms with E-state index in [-0.39, 0.29) is 6.10 Å². The molecule has 0 aliphatic heterocycles. The summed E-state index contributed by atoms with van der Waals surface area (Å²) < 4.78 is 12.4. The number of rotatable bonds is 4. The Balaban J connectivity index is 2.17. The highest BCUT2D eigenvalue weighted by Crippen LogP contribution is 2.33. The Morgan fingerprint density at radius 2 is 2.20 bits per heavy atom. The average Bonchev–Trinajstić information content (AvgIpc) is 2.93. The molecule has 0 aromatic carbocycles. The number of pyridine rings is 1. The minimum Gasteiger partial charge on any atom is -0.485 e. The standard InChI is InChI=1S/C11H14INO2/c1-7(2)14-11-10(15-9-3-4-9)5-8(12)6-13-11/h5-7,9H,3-4H2,1-2H3. The van der Waals surface area contributed by atoms with E-state index in [9.17, 15) is 0 Å². The fourth-order valence-corrected chi connectivity index (χ4v) is 1.59. The molecule has 0 saturated heterocycles. The van der Waals surface area contributed by atoms with Gasteiger partial charge in [0, 0.05) is 15.8 Å². The molecule has 0 N–H and O–H groups in total. The maximum atomic E-state index is 5.75. The van der Waals surface area contributed by atoms with Crippen molar-refractivity contribution < 1.29 is 9.47 Å². The summed E-state index contributed by atoms with van der Waals surface area (Å²) >= 11 is 2.22. The Kier molecular flexibility index (Phi) is 3.33. The van der Waals surface area contributed by atoms with E-state index < -0.39 is 0 Å². The van der Waals surface area contributed by atoms with Gasteiger partial charge in [-0.1, -0.05) is 0 Å². The number of hydrogen-bond donors (Lipinski definition) is 0. The van der Waals surface area contributed by atoms with Crippen LogP contribution in [0, 0.1) is 3.57 Å². The molecule has 0 amide bonds. The second-order valence-electron chi connectivity index (χ2n) is 3.94. The van der Waals surface area contributed by atoms with Gasteiger partial charge in [-0.25, -0.2) is 4.98 Å². The van der Waals surface area contributed by atoms with Crippen molar-refractivity contribution in [2.75, 3.05) is 0 Å². The maximum Gasteiger partial charge on any atom is 0.257 e. The van der Waals surface area contributed by atoms with Crippen molar-refractivity contribution >= 4 is 22.6 Å². The molecule has 0 spiro atoms. The van der Waals surface area contributed by atoms with Crippen molar-refractivity contribution in [3.05, 3.63) is 15.8 Å². The summed E-state index contributed by atoms with van der Waals surface area (Å²) in [4.78, 5) is 4.24. The molecular formula is C11H14INO2. The summed E-state index contributed by atoms with van der Waals surface area (Å²) in [6.45, 7) is 3.97. The summed E-state index contributed by atoms with van der Waals surface area (Å²) in [5.41, 5.74) is 0. The molecule has 1 saturated carbocycles. The van der Waals surface area contributed by atoms with E-state index in [0.29, 0.717) is 12.0 Å². The molecule has 1 aromatic heterocycles. The van der Waals surface area contributed by atoms with Crippen LogP contribution in [-0.2, 0) is 0 Å². The van der Waals surface area contributed by atoms with E-state index >= 15 is 0 Å². The second-order valence-corrected chi connectivity index (χ2v) is 5.19. The van der Waals surface area contributed by atoms with Gasteiger partial charge in [-0.15, -0.1) is 0 Å². The minimum atomic E-state index is 0.124. The van der Waals surface area contributed by atoms with Crippen molar-refractivity contribution in [2.45, 2.75) is 38.9 Å². The average molecular weight is 319 g/mol. The molecule has 1 aliphatic carbocycles. The zero-order chi connectivity index (χ0) is 10.8. The van der Waals surface area contributed by atoms with Crippen molar-refractivity contribution in [3.8, 4) is 11.6 Å². The number of halogens is 1. The van der Waals surface area contributed by atoms with Crippen LogP contribution in [0.3, 0.4) is 0 Å². The van der Waals surface area contributed by atoms with E-state index in [1.807, 2.05) is 19.9 Å². The Morgan fingerprint density at radius 3 is 2.80 bits per heavy atom. The van der Waals surface area contributed by atoms with Gasteiger partial charge < -0.3 is 9.47 Å². The van der Waals surface area contributed by atoms with Crippen molar-refractivity contribution in [3.63, 3.8) is 0 Å². The topological polar surface area (TPSA) is 31.4 Å². The first-order chi connectivity index (χ1) is 7.15. The van der Waals surface area contributed by atoms with Crippen LogP contribution in [0.2, 0.25) is 0 Å². The van der Waals surface area contributed by atoms with Crippen molar-refractivity contribution in [1.29, 1.82) is 0 Å². The predicted molar refractivity (Wildman–Crippen MR) is 66.4 cm³/mol. The van der Waals surface area contributed by atoms with Crippen LogP contribution < -0.4 is 9.47 Å². The van der Waals surface area contributed by atoms with Crippen molar-refractivity contribution in [1.82, 2.24) is 4.98 Å². The van der Waals surface area contributed by atoms with Crippen LogP contribution in [-0.4, -0.2) is 17.2 Å². The molecular weight excluding hydrogens is 305 g/mol. The van der Waals surface area contributed by atoms with Crippen LogP contribution in [0.1, 0.15) is 26.7 Å². The van der Waals surface area contributed by atoms with E-state index in [0.717, 1.165) is 22.2 Å². The Hall–Kier alpha value is -0.520. The fraction of sp³-hybridized carbons (Fsp3) is 0.545. The second kappa shape index (κ2) is 4.55. The quantitative estimate of drug-likeness (QED) is 0.800. The molecule has 1 fully saturated rings. The highest BCUT2D eigenvalue weighted by molar-refractivity contribution is 14.1. The minimum absolute atomic E-state index is 0.124. The first-order valence-electron chi connectivity index (χ1n) is 5.14. The van der Waals surface area contributed by atoms with Crippen LogP contribution in [0.5, 0.6) is 11.6 Å². The van der Waals surface area contributed by atoms with E-state index in [1.165, 1.54) is 0 Å². The molecule has 2 rings (SSSR count). The van der Waals surface area contributed by atoms with Gasteiger partial charge in [0.05, 0.1) is 12.2 Å². The Bertz CT molecular complexity index is 350. The third-order valence-electron chi connectivity index (χ3n) is 1.95. The van der Waals surface area contributed by atoms with Gasteiger partial charge in [0.1, 0.15) is 0 Å². The fourth-order valence-electron chi connectivity index (χ4n) is 1.17. The zero-order valence-corrected chi connectivity index (χ0v) is 11.0. The summed E-state index contributed by atoms with van der Waals surface area (Å²) in [6.07, 6.45) is 4.58. The zero-order valence-electron chi connectivity index (χ0n) is 8.87. The number of nitrogens with zero attached hydrogens (tertiary/aromatic N) is 1. The van der Waals surface area contributed by atoms with E-state index in [2.05, 4.69) is 27.6 Å². The lowest BCUT2D eigenvalue weighted by atomic mass is 10.4. The van der Waals surface area contributed by atoms with E-state index in [4.69, 9.17) is 9.47 Å². The SMILES string of the molecule is CC(C)Oc1ncc(I)cc1OC1CC1. The lowest BCUT2D eigenvalue weighted by Gasteiger charge is -2.13. The first kappa shape index (κ1) is 11.0. The van der Waals surface area contributed by atoms with Gasteiger partial charge >= 0.3 is 0 Å². The molecule has 15 heavy (non-hydrogen) atoms. The maximum absolute atomic E-state index is 5.75. The van der Waals surface area contributed by atoms with Gasteiger partial charge in [-0.2, -0.15) is 0 Å². The molecule has 82 valence electrons. The predicted octanol–water partition coefficient (Wildman–Crippen LogP) is 3.01. The summed E-state index contributed by atoms with van der Waals surface area (Å²) in [5.74, 6) is 1.38. The Morgan fingerprint density at radius 1 is 1.47 bits per heavy atom. The number of ether oxygens (including phenoxy) is 2. The van der Waals surface area contributed by atoms with Gasteiger partial charge in [0.15, 0.2) is 5.75 Å². The Labute approximate surface area is 103 Å². The van der Waals surface area contributed by atoms with Crippen LogP contribution in [0.25, 0.3) is 0 Å². The largest absolute Gasteiger partial charge is 0.485 e. The molecule has 3 nitrogen and oxygen atoms in total. The van der Waals surface area contributed by atoms with Crippen LogP contribution >= 0.6 is 22.6 Å². The molecule has 0 radical (unpaired) electrons. The molecule has 0 atom stereocenters. The third-order valence-corrected chi connectivity index (χ3v) is 2.54.